The Labute approximate surface area is 164 Å². The van der Waals surface area contributed by atoms with Crippen molar-refractivity contribution in [1.82, 2.24) is 10.3 Å². The minimum absolute atomic E-state index is 0.200. The van der Waals surface area contributed by atoms with Gasteiger partial charge >= 0.3 is 0 Å². The Morgan fingerprint density at radius 2 is 1.89 bits per heavy atom. The number of carbonyl (C=O) groups is 1. The average Bonchev–Trinajstić information content (AvgIpc) is 2.75. The molecular weight excluding hydrogens is 353 g/mol. The van der Waals surface area contributed by atoms with Crippen molar-refractivity contribution in [1.29, 1.82) is 0 Å². The van der Waals surface area contributed by atoms with E-state index in [9.17, 15) is 9.18 Å². The van der Waals surface area contributed by atoms with Gasteiger partial charge in [-0.2, -0.15) is 0 Å². The molecule has 0 aliphatic carbocycles. The van der Waals surface area contributed by atoms with Gasteiger partial charge in [0.25, 0.3) is 5.91 Å². The lowest BCUT2D eigenvalue weighted by Crippen LogP contribution is -2.27. The van der Waals surface area contributed by atoms with Crippen molar-refractivity contribution in [3.63, 3.8) is 0 Å². The van der Waals surface area contributed by atoms with E-state index in [1.165, 1.54) is 17.3 Å². The number of aromatic nitrogens is 1. The smallest absolute Gasteiger partial charge is 0.252 e. The summed E-state index contributed by atoms with van der Waals surface area (Å²) in [6.07, 6.45) is 4.21. The van der Waals surface area contributed by atoms with Crippen molar-refractivity contribution in [3.8, 4) is 0 Å². The number of halogens is 1. The number of aryl methyl sites for hydroxylation is 1. The summed E-state index contributed by atoms with van der Waals surface area (Å²) >= 11 is 0. The second kappa shape index (κ2) is 8.21. The molecule has 1 amide bonds. The second-order valence-electron chi connectivity index (χ2n) is 6.89. The lowest BCUT2D eigenvalue weighted by Gasteiger charge is -2.30. The molecule has 0 atom stereocenters. The predicted molar refractivity (Wildman–Crippen MR) is 108 cm³/mol. The van der Waals surface area contributed by atoms with Crippen LogP contribution in [-0.4, -0.2) is 24.0 Å². The molecular formula is C23H22FN3O. The highest BCUT2D eigenvalue weighted by Crippen LogP contribution is 2.32. The number of anilines is 2. The van der Waals surface area contributed by atoms with Gasteiger partial charge in [-0.1, -0.05) is 36.4 Å². The summed E-state index contributed by atoms with van der Waals surface area (Å²) in [4.78, 5) is 19.0. The maximum Gasteiger partial charge on any atom is 0.252 e. The van der Waals surface area contributed by atoms with Gasteiger partial charge in [0.05, 0.1) is 5.56 Å². The van der Waals surface area contributed by atoms with Gasteiger partial charge in [-0.25, -0.2) is 9.37 Å². The Balaban J connectivity index is 1.40. The van der Waals surface area contributed by atoms with Crippen LogP contribution < -0.4 is 10.2 Å². The molecule has 4 rings (SSSR count). The monoisotopic (exact) mass is 375 g/mol. The highest BCUT2D eigenvalue weighted by atomic mass is 19.1. The van der Waals surface area contributed by atoms with Gasteiger partial charge in [0.1, 0.15) is 11.6 Å². The van der Waals surface area contributed by atoms with Crippen LogP contribution in [0.1, 0.15) is 27.9 Å². The fraction of sp³-hybridized carbons (Fsp3) is 0.217. The van der Waals surface area contributed by atoms with Gasteiger partial charge in [0, 0.05) is 25.0 Å². The molecule has 0 saturated carbocycles. The first kappa shape index (κ1) is 18.2. The van der Waals surface area contributed by atoms with Gasteiger partial charge in [-0.15, -0.1) is 0 Å². The molecule has 2 heterocycles. The number of rotatable bonds is 5. The molecule has 142 valence electrons. The number of pyridine rings is 1. The molecule has 3 aromatic rings. The number of hydrogen-bond acceptors (Lipinski definition) is 3. The van der Waals surface area contributed by atoms with Crippen molar-refractivity contribution in [2.75, 3.05) is 18.0 Å². The van der Waals surface area contributed by atoms with E-state index in [1.807, 2.05) is 12.1 Å². The van der Waals surface area contributed by atoms with Gasteiger partial charge in [-0.3, -0.25) is 4.79 Å². The SMILES string of the molecule is O=C(NCCc1ccccc1F)c1ccc(N2CCCc3ccccc32)nc1. The first-order valence-corrected chi connectivity index (χ1v) is 9.55. The van der Waals surface area contributed by atoms with Crippen LogP contribution in [0.2, 0.25) is 0 Å². The highest BCUT2D eigenvalue weighted by molar-refractivity contribution is 5.94. The topological polar surface area (TPSA) is 45.2 Å². The normalized spacial score (nSPS) is 13.1. The molecule has 0 saturated heterocycles. The molecule has 28 heavy (non-hydrogen) atoms. The molecule has 1 N–H and O–H groups in total. The van der Waals surface area contributed by atoms with Gasteiger partial charge in [0.2, 0.25) is 0 Å². The number of fused-ring (bicyclic) bond motifs is 1. The van der Waals surface area contributed by atoms with Crippen LogP contribution in [0.5, 0.6) is 0 Å². The zero-order chi connectivity index (χ0) is 19.3. The minimum Gasteiger partial charge on any atom is -0.352 e. The van der Waals surface area contributed by atoms with E-state index in [-0.39, 0.29) is 11.7 Å². The number of nitrogens with one attached hydrogen (secondary N) is 1. The first-order chi connectivity index (χ1) is 13.7. The van der Waals surface area contributed by atoms with Crippen LogP contribution in [0, 0.1) is 5.82 Å². The van der Waals surface area contributed by atoms with Crippen molar-refractivity contribution in [2.45, 2.75) is 19.3 Å². The number of hydrogen-bond donors (Lipinski definition) is 1. The fourth-order valence-electron chi connectivity index (χ4n) is 3.57. The third-order valence-electron chi connectivity index (χ3n) is 5.03. The van der Waals surface area contributed by atoms with Crippen molar-refractivity contribution in [3.05, 3.63) is 89.4 Å². The number of benzene rings is 2. The Hall–Kier alpha value is -3.21. The van der Waals surface area contributed by atoms with Crippen LogP contribution in [0.3, 0.4) is 0 Å². The third kappa shape index (κ3) is 3.88. The Bertz CT molecular complexity index is 972. The zero-order valence-electron chi connectivity index (χ0n) is 15.6. The van der Waals surface area contributed by atoms with Gasteiger partial charge in [0.15, 0.2) is 0 Å². The molecule has 5 heteroatoms. The number of carbonyl (C=O) groups excluding carboxylic acids is 1. The molecule has 0 unspecified atom stereocenters. The average molecular weight is 375 g/mol. The van der Waals surface area contributed by atoms with Crippen molar-refractivity contribution >= 4 is 17.4 Å². The molecule has 1 aliphatic heterocycles. The highest BCUT2D eigenvalue weighted by Gasteiger charge is 2.19. The predicted octanol–water partition coefficient (Wildman–Crippen LogP) is 4.28. The lowest BCUT2D eigenvalue weighted by molar-refractivity contribution is 0.0953. The Morgan fingerprint density at radius 1 is 1.07 bits per heavy atom. The van der Waals surface area contributed by atoms with E-state index < -0.39 is 0 Å². The largest absolute Gasteiger partial charge is 0.352 e. The number of nitrogens with zero attached hydrogens (tertiary/aromatic N) is 2. The van der Waals surface area contributed by atoms with Gasteiger partial charge in [-0.05, 0) is 54.7 Å². The second-order valence-corrected chi connectivity index (χ2v) is 6.89. The van der Waals surface area contributed by atoms with Crippen molar-refractivity contribution < 1.29 is 9.18 Å². The molecule has 1 aromatic heterocycles. The number of amides is 1. The van der Waals surface area contributed by atoms with Crippen molar-refractivity contribution in [2.24, 2.45) is 0 Å². The first-order valence-electron chi connectivity index (χ1n) is 9.55. The summed E-state index contributed by atoms with van der Waals surface area (Å²) in [5.74, 6) is 0.397. The molecule has 0 radical (unpaired) electrons. The minimum atomic E-state index is -0.246. The summed E-state index contributed by atoms with van der Waals surface area (Å²) in [5.41, 5.74) is 3.61. The van der Waals surface area contributed by atoms with Crippen LogP contribution in [0.25, 0.3) is 0 Å². The zero-order valence-corrected chi connectivity index (χ0v) is 15.6. The fourth-order valence-corrected chi connectivity index (χ4v) is 3.57. The summed E-state index contributed by atoms with van der Waals surface area (Å²) in [5, 5.41) is 2.83. The summed E-state index contributed by atoms with van der Waals surface area (Å²) < 4.78 is 13.6. The van der Waals surface area contributed by atoms with E-state index in [1.54, 1.807) is 30.5 Å². The molecule has 4 nitrogen and oxygen atoms in total. The Kier molecular flexibility index (Phi) is 5.33. The van der Waals surface area contributed by atoms with E-state index in [4.69, 9.17) is 0 Å². The number of para-hydroxylation sites is 1. The standard InChI is InChI=1S/C23H22FN3O/c24-20-9-3-1-6-17(20)13-14-25-23(28)19-11-12-22(26-16-19)27-15-5-8-18-7-2-4-10-21(18)27/h1-4,6-7,9-12,16H,5,8,13-15H2,(H,25,28). The molecule has 0 fully saturated rings. The maximum absolute atomic E-state index is 13.6. The quantitative estimate of drug-likeness (QED) is 0.724. The van der Waals surface area contributed by atoms with Crippen LogP contribution >= 0.6 is 0 Å². The summed E-state index contributed by atoms with van der Waals surface area (Å²) in [6.45, 7) is 1.29. The molecule has 2 aromatic carbocycles. The molecule has 0 bridgehead atoms. The van der Waals surface area contributed by atoms with E-state index in [2.05, 4.69) is 33.4 Å². The lowest BCUT2D eigenvalue weighted by atomic mass is 10.0. The summed E-state index contributed by atoms with van der Waals surface area (Å²) in [7, 11) is 0. The maximum atomic E-state index is 13.6. The Morgan fingerprint density at radius 3 is 2.71 bits per heavy atom. The molecule has 0 spiro atoms. The van der Waals surface area contributed by atoms with Crippen LogP contribution in [0.4, 0.5) is 15.9 Å². The summed E-state index contributed by atoms with van der Waals surface area (Å²) in [6, 6.07) is 18.6. The van der Waals surface area contributed by atoms with Crippen LogP contribution in [0.15, 0.2) is 66.9 Å². The third-order valence-corrected chi connectivity index (χ3v) is 5.03. The molecule has 1 aliphatic rings. The van der Waals surface area contributed by atoms with E-state index in [0.29, 0.717) is 24.1 Å². The van der Waals surface area contributed by atoms with E-state index in [0.717, 1.165) is 25.2 Å². The van der Waals surface area contributed by atoms with E-state index >= 15 is 0 Å². The van der Waals surface area contributed by atoms with Gasteiger partial charge < -0.3 is 10.2 Å². The van der Waals surface area contributed by atoms with Crippen LogP contribution in [-0.2, 0) is 12.8 Å².